The van der Waals surface area contributed by atoms with Crippen LogP contribution in [-0.4, -0.2) is 18.9 Å². The third kappa shape index (κ3) is 2.65. The van der Waals surface area contributed by atoms with Gasteiger partial charge < -0.3 is 10.3 Å². The molecular formula is C15H16F3N2O. The van der Waals surface area contributed by atoms with Crippen molar-refractivity contribution in [3.63, 3.8) is 0 Å². The lowest BCUT2D eigenvalue weighted by molar-refractivity contribution is -0.800. The van der Waals surface area contributed by atoms with E-state index in [1.807, 2.05) is 6.08 Å². The Morgan fingerprint density at radius 1 is 1.33 bits per heavy atom. The number of fused-ring (bicyclic) bond motifs is 1. The quantitative estimate of drug-likeness (QED) is 0.491. The maximum absolute atomic E-state index is 13.3. The van der Waals surface area contributed by atoms with Gasteiger partial charge in [0.2, 0.25) is 0 Å². The highest BCUT2D eigenvalue weighted by molar-refractivity contribution is 5.64. The molecule has 1 N–H and O–H groups in total. The number of benzene rings is 1. The molecule has 1 heterocycles. The molecule has 0 bridgehead atoms. The monoisotopic (exact) mass is 297 g/mol. The van der Waals surface area contributed by atoms with Crippen molar-refractivity contribution in [1.82, 2.24) is 0 Å². The lowest BCUT2D eigenvalue weighted by atomic mass is 9.92. The van der Waals surface area contributed by atoms with Gasteiger partial charge in [0.15, 0.2) is 5.69 Å². The summed E-state index contributed by atoms with van der Waals surface area (Å²) in [5, 5.41) is 12.3. The van der Waals surface area contributed by atoms with Gasteiger partial charge in [-0.05, 0) is 31.3 Å². The van der Waals surface area contributed by atoms with Crippen LogP contribution >= 0.6 is 0 Å². The predicted octanol–water partition coefficient (Wildman–Crippen LogP) is 2.71. The number of anilines is 1. The molecule has 113 valence electrons. The molecule has 2 aliphatic rings. The molecule has 21 heavy (non-hydrogen) atoms. The van der Waals surface area contributed by atoms with Crippen LogP contribution in [-0.2, 0) is 0 Å². The third-order valence-corrected chi connectivity index (χ3v) is 4.13. The second-order valence-corrected chi connectivity index (χ2v) is 5.45. The minimum Gasteiger partial charge on any atom is -0.628 e. The Labute approximate surface area is 121 Å². The van der Waals surface area contributed by atoms with Crippen molar-refractivity contribution in [2.45, 2.75) is 38.0 Å². The maximum atomic E-state index is 13.3. The number of alkyl halides is 3. The zero-order valence-electron chi connectivity index (χ0n) is 11.4. The smallest absolute Gasteiger partial charge is 0.485 e. The Hall–Kier alpha value is -1.53. The summed E-state index contributed by atoms with van der Waals surface area (Å²) in [6.45, 7) is -0.332. The van der Waals surface area contributed by atoms with E-state index in [0.29, 0.717) is 11.3 Å². The molecule has 0 saturated heterocycles. The first-order valence-corrected chi connectivity index (χ1v) is 7.06. The van der Waals surface area contributed by atoms with Crippen LogP contribution in [0.5, 0.6) is 0 Å². The van der Waals surface area contributed by atoms with Gasteiger partial charge in [0.25, 0.3) is 0 Å². The molecule has 1 radical (unpaired) electrons. The van der Waals surface area contributed by atoms with E-state index in [4.69, 9.17) is 0 Å². The molecule has 0 amide bonds. The van der Waals surface area contributed by atoms with Crippen molar-refractivity contribution >= 4 is 11.4 Å². The highest BCUT2D eigenvalue weighted by Crippen LogP contribution is 2.36. The van der Waals surface area contributed by atoms with Crippen LogP contribution < -0.4 is 9.96 Å². The van der Waals surface area contributed by atoms with Crippen molar-refractivity contribution in [3.05, 3.63) is 41.1 Å². The van der Waals surface area contributed by atoms with E-state index < -0.39 is 12.3 Å². The fraction of sp³-hybridized carbons (Fsp3) is 0.467. The first-order chi connectivity index (χ1) is 9.98. The van der Waals surface area contributed by atoms with E-state index in [-0.39, 0.29) is 23.0 Å². The lowest BCUT2D eigenvalue weighted by Gasteiger charge is -2.43. The summed E-state index contributed by atoms with van der Waals surface area (Å²) < 4.78 is 39.8. The van der Waals surface area contributed by atoms with Crippen molar-refractivity contribution in [1.29, 1.82) is 0 Å². The molecule has 0 aromatic heterocycles. The fourth-order valence-electron chi connectivity index (χ4n) is 3.09. The van der Waals surface area contributed by atoms with Gasteiger partial charge in [-0.25, -0.2) is 0 Å². The summed E-state index contributed by atoms with van der Waals surface area (Å²) in [7, 11) is 0. The van der Waals surface area contributed by atoms with Crippen LogP contribution in [0.25, 0.3) is 0 Å². The molecule has 0 saturated carbocycles. The molecule has 6 heteroatoms. The second-order valence-electron chi connectivity index (χ2n) is 5.45. The Balaban J connectivity index is 2.01. The molecule has 1 aliphatic heterocycles. The number of hydroxylamine groups is 1. The summed E-state index contributed by atoms with van der Waals surface area (Å²) in [4.78, 5) is 0.351. The van der Waals surface area contributed by atoms with E-state index in [0.717, 1.165) is 24.8 Å². The van der Waals surface area contributed by atoms with Crippen molar-refractivity contribution in [2.75, 3.05) is 11.4 Å². The van der Waals surface area contributed by atoms with Gasteiger partial charge in [0, 0.05) is 12.1 Å². The number of nitrogens with zero attached hydrogens (tertiary/aromatic N) is 1. The SMILES string of the molecule is [O-][NH+]1c2ccc[c]c2N(C(F)(F)F)CC1C1=CCCCC1. The third-order valence-electron chi connectivity index (χ3n) is 4.13. The van der Waals surface area contributed by atoms with E-state index in [9.17, 15) is 18.4 Å². The standard InChI is InChI=1S/C15H16F3N2O/c16-15(17,18)19-10-14(11-6-2-1-3-7-11)20(21)13-9-5-4-8-12(13)19/h4-6,9,14,20H,1-3,7,10H2. The first kappa shape index (κ1) is 14.4. The molecule has 2 atom stereocenters. The maximum Gasteiger partial charge on any atom is 0.485 e. The summed E-state index contributed by atoms with van der Waals surface area (Å²) in [5.41, 5.74) is 0.829. The number of hydrogen-bond acceptors (Lipinski definition) is 2. The van der Waals surface area contributed by atoms with Gasteiger partial charge in [-0.2, -0.15) is 13.2 Å². The Morgan fingerprint density at radius 3 is 2.81 bits per heavy atom. The van der Waals surface area contributed by atoms with Crippen LogP contribution in [0.4, 0.5) is 24.5 Å². The highest BCUT2D eigenvalue weighted by atomic mass is 19.4. The fourth-order valence-corrected chi connectivity index (χ4v) is 3.09. The predicted molar refractivity (Wildman–Crippen MR) is 73.0 cm³/mol. The van der Waals surface area contributed by atoms with E-state index in [2.05, 4.69) is 6.07 Å². The summed E-state index contributed by atoms with van der Waals surface area (Å²) in [6.07, 6.45) is 0.985. The van der Waals surface area contributed by atoms with Gasteiger partial charge >= 0.3 is 6.30 Å². The molecule has 1 aromatic carbocycles. The van der Waals surface area contributed by atoms with Crippen molar-refractivity contribution in [2.24, 2.45) is 0 Å². The Morgan fingerprint density at radius 2 is 2.14 bits per heavy atom. The summed E-state index contributed by atoms with van der Waals surface area (Å²) in [5.74, 6) is 0. The van der Waals surface area contributed by atoms with Gasteiger partial charge in [0.05, 0.1) is 6.54 Å². The van der Waals surface area contributed by atoms with Crippen molar-refractivity contribution in [3.8, 4) is 0 Å². The number of hydrogen-bond donors (Lipinski definition) is 1. The molecule has 1 aromatic rings. The number of nitrogens with one attached hydrogen (secondary N) is 1. The topological polar surface area (TPSA) is 30.7 Å². The largest absolute Gasteiger partial charge is 0.628 e. The summed E-state index contributed by atoms with van der Waals surface area (Å²) in [6, 6.07) is 6.31. The number of para-hydroxylation sites is 1. The van der Waals surface area contributed by atoms with Gasteiger partial charge in [0.1, 0.15) is 11.7 Å². The van der Waals surface area contributed by atoms with Crippen LogP contribution in [0, 0.1) is 11.3 Å². The number of halogens is 3. The Kier molecular flexibility index (Phi) is 3.67. The molecule has 0 fully saturated rings. The van der Waals surface area contributed by atoms with Crippen LogP contribution in [0.3, 0.4) is 0 Å². The average Bonchev–Trinajstić information content (AvgIpc) is 2.47. The van der Waals surface area contributed by atoms with Crippen LogP contribution in [0.1, 0.15) is 25.7 Å². The molecule has 0 spiro atoms. The van der Waals surface area contributed by atoms with E-state index >= 15 is 0 Å². The van der Waals surface area contributed by atoms with Crippen LogP contribution in [0.2, 0.25) is 0 Å². The molecule has 3 nitrogen and oxygen atoms in total. The van der Waals surface area contributed by atoms with Gasteiger partial charge in [-0.3, -0.25) is 4.90 Å². The first-order valence-electron chi connectivity index (χ1n) is 7.06. The number of allylic oxidation sites excluding steroid dienone is 1. The number of quaternary nitrogens is 1. The summed E-state index contributed by atoms with van der Waals surface area (Å²) >= 11 is 0. The Bertz CT molecular complexity index is 556. The molecule has 3 rings (SSSR count). The molecular weight excluding hydrogens is 281 g/mol. The van der Waals surface area contributed by atoms with Crippen molar-refractivity contribution < 1.29 is 18.2 Å². The minimum absolute atomic E-state index is 0.123. The normalized spacial score (nSPS) is 26.3. The van der Waals surface area contributed by atoms with E-state index in [1.54, 1.807) is 6.07 Å². The minimum atomic E-state index is -4.50. The zero-order chi connectivity index (χ0) is 15.0. The van der Waals surface area contributed by atoms with E-state index in [1.165, 1.54) is 12.1 Å². The average molecular weight is 297 g/mol. The molecule has 1 aliphatic carbocycles. The lowest BCUT2D eigenvalue weighted by Crippen LogP contribution is -3.09. The second kappa shape index (κ2) is 5.35. The highest BCUT2D eigenvalue weighted by Gasteiger charge is 2.46. The van der Waals surface area contributed by atoms with Gasteiger partial charge in [-0.1, -0.05) is 18.2 Å². The number of rotatable bonds is 1. The zero-order valence-corrected chi connectivity index (χ0v) is 11.4. The molecule has 2 unspecified atom stereocenters. The van der Waals surface area contributed by atoms with Gasteiger partial charge in [-0.15, -0.1) is 0 Å². The van der Waals surface area contributed by atoms with Crippen LogP contribution in [0.15, 0.2) is 29.8 Å².